The second kappa shape index (κ2) is 10.3. The monoisotopic (exact) mass is 540 g/mol. The Labute approximate surface area is 226 Å². The van der Waals surface area contributed by atoms with Gasteiger partial charge in [-0.1, -0.05) is 47.5 Å². The first-order chi connectivity index (χ1) is 17.7. The van der Waals surface area contributed by atoms with Gasteiger partial charge in [0.1, 0.15) is 24.1 Å². The Hall–Kier alpha value is -3.10. The van der Waals surface area contributed by atoms with Crippen molar-refractivity contribution in [3.63, 3.8) is 0 Å². The molecule has 0 aliphatic carbocycles. The fourth-order valence-corrected chi connectivity index (χ4v) is 5.01. The number of nitrogens with zero attached hydrogens (tertiary/aromatic N) is 6. The minimum atomic E-state index is -0.509. The molecule has 0 saturated carbocycles. The topological polar surface area (TPSA) is 78.1 Å². The van der Waals surface area contributed by atoms with E-state index in [4.69, 9.17) is 32.9 Å². The molecule has 10 heteroatoms. The molecule has 2 aromatic heterocycles. The third kappa shape index (κ3) is 5.91. The second-order valence-corrected chi connectivity index (χ2v) is 11.3. The predicted octanol–water partition coefficient (Wildman–Crippen LogP) is 6.15. The maximum absolute atomic E-state index is 12.6. The van der Waals surface area contributed by atoms with Crippen molar-refractivity contribution in [3.05, 3.63) is 76.0 Å². The molecular weight excluding hydrogens is 511 g/mol. The molecule has 1 saturated heterocycles. The van der Waals surface area contributed by atoms with E-state index in [1.807, 2.05) is 32.9 Å². The van der Waals surface area contributed by atoms with Crippen LogP contribution in [0.25, 0.3) is 11.0 Å². The summed E-state index contributed by atoms with van der Waals surface area (Å²) in [6.45, 7) is 8.23. The molecule has 1 aliphatic heterocycles. The summed E-state index contributed by atoms with van der Waals surface area (Å²) in [7, 11) is 0. The van der Waals surface area contributed by atoms with Crippen LogP contribution in [0.2, 0.25) is 10.0 Å². The van der Waals surface area contributed by atoms with Crippen molar-refractivity contribution < 1.29 is 9.53 Å². The molecule has 1 fully saturated rings. The Kier molecular flexibility index (Phi) is 7.14. The highest BCUT2D eigenvalue weighted by Gasteiger charge is 2.30. The van der Waals surface area contributed by atoms with Crippen LogP contribution in [0.1, 0.15) is 56.5 Å². The zero-order chi connectivity index (χ0) is 26.2. The van der Waals surface area contributed by atoms with Gasteiger partial charge in [-0.3, -0.25) is 0 Å². The lowest BCUT2D eigenvalue weighted by Crippen LogP contribution is -2.41. The number of halogens is 2. The zero-order valence-corrected chi connectivity index (χ0v) is 22.7. The summed E-state index contributed by atoms with van der Waals surface area (Å²) < 4.78 is 9.60. The van der Waals surface area contributed by atoms with E-state index in [1.54, 1.807) is 15.9 Å². The van der Waals surface area contributed by atoms with Crippen LogP contribution >= 0.6 is 23.2 Å². The highest BCUT2D eigenvalue weighted by molar-refractivity contribution is 6.42. The van der Waals surface area contributed by atoms with Gasteiger partial charge in [-0.15, -0.1) is 0 Å². The number of hydrogen-bond donors (Lipinski definition) is 0. The average molecular weight is 541 g/mol. The summed E-state index contributed by atoms with van der Waals surface area (Å²) >= 11 is 12.7. The van der Waals surface area contributed by atoms with Crippen LogP contribution in [0.3, 0.4) is 0 Å². The van der Waals surface area contributed by atoms with Crippen molar-refractivity contribution in [2.75, 3.05) is 13.1 Å². The molecule has 2 aromatic carbocycles. The molecule has 0 unspecified atom stereocenters. The Balaban J connectivity index is 1.38. The number of aromatic nitrogens is 5. The van der Waals surface area contributed by atoms with Crippen LogP contribution < -0.4 is 0 Å². The number of piperidine rings is 1. The van der Waals surface area contributed by atoms with Gasteiger partial charge in [-0.2, -0.15) is 5.10 Å². The fourth-order valence-electron chi connectivity index (χ4n) is 4.70. The molecular formula is C27H30Cl2N6O2. The lowest BCUT2D eigenvalue weighted by atomic mass is 9.96. The first-order valence-corrected chi connectivity index (χ1v) is 13.2. The third-order valence-electron chi connectivity index (χ3n) is 6.51. The highest BCUT2D eigenvalue weighted by Crippen LogP contribution is 2.34. The lowest BCUT2D eigenvalue weighted by molar-refractivity contribution is 0.0202. The quantitative estimate of drug-likeness (QED) is 0.303. The summed E-state index contributed by atoms with van der Waals surface area (Å²) in [5.41, 5.74) is 3.56. The number of amides is 1. The number of fused-ring (bicyclic) bond motifs is 1. The number of carbonyl (C=O) groups is 1. The Morgan fingerprint density at radius 2 is 1.68 bits per heavy atom. The van der Waals surface area contributed by atoms with Crippen molar-refractivity contribution in [1.29, 1.82) is 0 Å². The molecule has 8 nitrogen and oxygen atoms in total. The molecule has 37 heavy (non-hydrogen) atoms. The third-order valence-corrected chi connectivity index (χ3v) is 7.23. The van der Waals surface area contributed by atoms with E-state index >= 15 is 0 Å². The van der Waals surface area contributed by atoms with E-state index in [0.717, 1.165) is 40.8 Å². The van der Waals surface area contributed by atoms with Crippen molar-refractivity contribution in [2.24, 2.45) is 0 Å². The molecule has 0 atom stereocenters. The fraction of sp³-hybridized carbons (Fsp3) is 0.407. The number of likely N-dealkylation sites (tertiary alicyclic amines) is 1. The molecule has 194 valence electrons. The van der Waals surface area contributed by atoms with Gasteiger partial charge in [0.15, 0.2) is 0 Å². The highest BCUT2D eigenvalue weighted by atomic mass is 35.5. The molecule has 4 aromatic rings. The van der Waals surface area contributed by atoms with Crippen LogP contribution in [-0.4, -0.2) is 54.0 Å². The summed E-state index contributed by atoms with van der Waals surface area (Å²) in [6, 6.07) is 12.2. The van der Waals surface area contributed by atoms with Gasteiger partial charge in [0.2, 0.25) is 0 Å². The van der Waals surface area contributed by atoms with Crippen LogP contribution in [0.5, 0.6) is 0 Å². The summed E-state index contributed by atoms with van der Waals surface area (Å²) in [4.78, 5) is 23.3. The van der Waals surface area contributed by atoms with Crippen molar-refractivity contribution in [2.45, 2.75) is 58.2 Å². The lowest BCUT2D eigenvalue weighted by Gasteiger charge is -2.33. The molecule has 5 rings (SSSR count). The number of rotatable bonds is 5. The smallest absolute Gasteiger partial charge is 0.410 e. The van der Waals surface area contributed by atoms with Crippen molar-refractivity contribution >= 4 is 40.3 Å². The molecule has 1 amide bonds. The zero-order valence-electron chi connectivity index (χ0n) is 21.2. The summed E-state index contributed by atoms with van der Waals surface area (Å²) in [6.07, 6.45) is 4.60. The number of carbonyl (C=O) groups excluding carboxylic acids is 1. The Bertz CT molecular complexity index is 1390. The average Bonchev–Trinajstić information content (AvgIpc) is 3.48. The largest absolute Gasteiger partial charge is 0.444 e. The molecule has 0 spiro atoms. The van der Waals surface area contributed by atoms with Gasteiger partial charge in [0, 0.05) is 25.6 Å². The minimum absolute atomic E-state index is 0.204. The predicted molar refractivity (Wildman–Crippen MR) is 144 cm³/mol. The molecule has 0 bridgehead atoms. The maximum atomic E-state index is 12.6. The molecule has 3 heterocycles. The Morgan fingerprint density at radius 1 is 1.03 bits per heavy atom. The molecule has 0 N–H and O–H groups in total. The van der Waals surface area contributed by atoms with Gasteiger partial charge in [0.05, 0.1) is 27.6 Å². The van der Waals surface area contributed by atoms with Crippen LogP contribution in [-0.2, 0) is 17.8 Å². The van der Waals surface area contributed by atoms with E-state index in [2.05, 4.69) is 38.9 Å². The van der Waals surface area contributed by atoms with E-state index < -0.39 is 5.60 Å². The van der Waals surface area contributed by atoms with Crippen molar-refractivity contribution in [1.82, 2.24) is 29.2 Å². The Morgan fingerprint density at radius 3 is 2.30 bits per heavy atom. The second-order valence-electron chi connectivity index (χ2n) is 10.5. The van der Waals surface area contributed by atoms with E-state index in [0.29, 0.717) is 36.2 Å². The van der Waals surface area contributed by atoms with Crippen LogP contribution in [0.15, 0.2) is 49.1 Å². The summed E-state index contributed by atoms with van der Waals surface area (Å²) in [5, 5.41) is 5.17. The number of imidazole rings is 1. The number of hydrogen-bond acceptors (Lipinski definition) is 5. The number of ether oxygens (including phenoxy) is 1. The summed E-state index contributed by atoms with van der Waals surface area (Å²) in [5.74, 6) is 1.19. The van der Waals surface area contributed by atoms with Gasteiger partial charge in [-0.25, -0.2) is 19.4 Å². The molecule has 1 aliphatic rings. The van der Waals surface area contributed by atoms with E-state index in [1.165, 1.54) is 6.33 Å². The van der Waals surface area contributed by atoms with Gasteiger partial charge in [0.25, 0.3) is 0 Å². The maximum Gasteiger partial charge on any atom is 0.410 e. The van der Waals surface area contributed by atoms with Gasteiger partial charge in [-0.05, 0) is 56.9 Å². The normalized spacial score (nSPS) is 14.9. The van der Waals surface area contributed by atoms with E-state index in [9.17, 15) is 4.79 Å². The number of benzene rings is 2. The van der Waals surface area contributed by atoms with Gasteiger partial charge < -0.3 is 14.2 Å². The first kappa shape index (κ1) is 25.5. The van der Waals surface area contributed by atoms with Gasteiger partial charge >= 0.3 is 6.09 Å². The van der Waals surface area contributed by atoms with E-state index in [-0.39, 0.29) is 12.0 Å². The van der Waals surface area contributed by atoms with Crippen molar-refractivity contribution in [3.8, 4) is 0 Å². The standard InChI is InChI=1S/C27H30Cl2N6O2/c1-27(2,3)37-26(36)33-10-8-20(9-11-33)25-32-23-12-21(28)22(29)13-24(23)35(25)15-19-6-4-18(5-7-19)14-34-17-30-16-31-34/h4-7,12-13,16-17,20H,8-11,14-15H2,1-3H3. The molecule has 0 radical (unpaired) electrons. The SMILES string of the molecule is CC(C)(C)OC(=O)N1CCC(c2nc3cc(Cl)c(Cl)cc3n2Cc2ccc(Cn3cncn3)cc2)CC1. The first-order valence-electron chi connectivity index (χ1n) is 12.4. The minimum Gasteiger partial charge on any atom is -0.444 e. The van der Waals surface area contributed by atoms with Crippen LogP contribution in [0.4, 0.5) is 4.79 Å². The van der Waals surface area contributed by atoms with Crippen LogP contribution in [0, 0.1) is 0 Å².